The van der Waals surface area contributed by atoms with Crippen LogP contribution in [0.1, 0.15) is 22.3 Å². The van der Waals surface area contributed by atoms with Crippen molar-refractivity contribution in [1.29, 1.82) is 0 Å². The van der Waals surface area contributed by atoms with E-state index in [1.807, 2.05) is 24.0 Å². The number of piperazine rings is 1. The van der Waals surface area contributed by atoms with Crippen LogP contribution in [-0.2, 0) is 6.54 Å². The number of amides is 1. The standard InChI is InChI=1S/C22H25N3O3S/c1-3-28-19-14-16(8-9-18(19)27-2)22(26)25-12-10-24(11-13-25)15-21-23-17-6-4-5-7-20(17)29-21/h4-9,14H,3,10-13,15H2,1-2H3/p+1. The van der Waals surface area contributed by atoms with Gasteiger partial charge < -0.3 is 19.3 Å². The molecule has 1 aliphatic heterocycles. The van der Waals surface area contributed by atoms with Gasteiger partial charge in [-0.05, 0) is 37.3 Å². The van der Waals surface area contributed by atoms with Crippen LogP contribution in [0, 0.1) is 0 Å². The molecule has 1 saturated heterocycles. The third kappa shape index (κ3) is 4.36. The highest BCUT2D eigenvalue weighted by atomic mass is 32.1. The van der Waals surface area contributed by atoms with E-state index in [4.69, 9.17) is 14.5 Å². The van der Waals surface area contributed by atoms with Gasteiger partial charge in [-0.3, -0.25) is 4.79 Å². The smallest absolute Gasteiger partial charge is 0.254 e. The van der Waals surface area contributed by atoms with Gasteiger partial charge in [0, 0.05) is 5.56 Å². The molecule has 0 aliphatic carbocycles. The zero-order valence-corrected chi connectivity index (χ0v) is 17.6. The van der Waals surface area contributed by atoms with Crippen molar-refractivity contribution >= 4 is 27.5 Å². The Kier molecular flexibility index (Phi) is 5.97. The molecular weight excluding hydrogens is 386 g/mol. The molecule has 1 N–H and O–H groups in total. The van der Waals surface area contributed by atoms with Gasteiger partial charge in [0.1, 0.15) is 11.6 Å². The monoisotopic (exact) mass is 412 g/mol. The zero-order chi connectivity index (χ0) is 20.2. The Hall–Kier alpha value is -2.64. The van der Waals surface area contributed by atoms with Crippen molar-refractivity contribution in [2.75, 3.05) is 39.9 Å². The number of quaternary nitrogens is 1. The van der Waals surface area contributed by atoms with E-state index >= 15 is 0 Å². The summed E-state index contributed by atoms with van der Waals surface area (Å²) in [5.74, 6) is 1.31. The average molecular weight is 413 g/mol. The second kappa shape index (κ2) is 8.80. The molecule has 1 amide bonds. The number of benzene rings is 2. The van der Waals surface area contributed by atoms with Crippen molar-refractivity contribution in [2.24, 2.45) is 0 Å². The van der Waals surface area contributed by atoms with Gasteiger partial charge in [-0.15, -0.1) is 11.3 Å². The number of carbonyl (C=O) groups excluding carboxylic acids is 1. The first-order chi connectivity index (χ1) is 14.2. The number of thiazole rings is 1. The zero-order valence-electron chi connectivity index (χ0n) is 16.8. The van der Waals surface area contributed by atoms with Gasteiger partial charge in [0.15, 0.2) is 11.5 Å². The lowest BCUT2D eigenvalue weighted by Crippen LogP contribution is -3.13. The first kappa shape index (κ1) is 19.7. The number of rotatable bonds is 6. The van der Waals surface area contributed by atoms with Gasteiger partial charge in [-0.1, -0.05) is 12.1 Å². The Bertz CT molecular complexity index is 963. The maximum absolute atomic E-state index is 12.9. The number of para-hydroxylation sites is 1. The van der Waals surface area contributed by atoms with Crippen LogP contribution < -0.4 is 14.4 Å². The Morgan fingerprint density at radius 2 is 1.97 bits per heavy atom. The molecule has 3 aromatic rings. The minimum Gasteiger partial charge on any atom is -0.493 e. The third-order valence-electron chi connectivity index (χ3n) is 5.21. The summed E-state index contributed by atoms with van der Waals surface area (Å²) < 4.78 is 12.2. The Labute approximate surface area is 174 Å². The van der Waals surface area contributed by atoms with Gasteiger partial charge in [0.05, 0.1) is 50.1 Å². The van der Waals surface area contributed by atoms with Crippen molar-refractivity contribution in [3.63, 3.8) is 0 Å². The molecule has 1 fully saturated rings. The van der Waals surface area contributed by atoms with E-state index in [1.165, 1.54) is 9.60 Å². The molecule has 1 aromatic heterocycles. The molecule has 4 rings (SSSR count). The maximum Gasteiger partial charge on any atom is 0.254 e. The molecule has 0 saturated carbocycles. The van der Waals surface area contributed by atoms with Crippen LogP contribution >= 0.6 is 11.3 Å². The van der Waals surface area contributed by atoms with E-state index in [0.717, 1.165) is 43.2 Å². The summed E-state index contributed by atoms with van der Waals surface area (Å²) in [7, 11) is 1.60. The fourth-order valence-corrected chi connectivity index (χ4v) is 4.71. The van der Waals surface area contributed by atoms with Gasteiger partial charge in [-0.2, -0.15) is 0 Å². The second-order valence-electron chi connectivity index (χ2n) is 7.09. The Balaban J connectivity index is 1.37. The summed E-state index contributed by atoms with van der Waals surface area (Å²) in [6, 6.07) is 13.7. The number of nitrogens with one attached hydrogen (secondary N) is 1. The van der Waals surface area contributed by atoms with Crippen molar-refractivity contribution in [3.8, 4) is 11.5 Å². The predicted molar refractivity (Wildman–Crippen MR) is 114 cm³/mol. The Morgan fingerprint density at radius 1 is 1.17 bits per heavy atom. The fraction of sp³-hybridized carbons (Fsp3) is 0.364. The summed E-state index contributed by atoms with van der Waals surface area (Å²) in [6.07, 6.45) is 0. The minimum absolute atomic E-state index is 0.0487. The molecule has 152 valence electrons. The summed E-state index contributed by atoms with van der Waals surface area (Å²) in [6.45, 7) is 6.71. The van der Waals surface area contributed by atoms with E-state index in [0.29, 0.717) is 23.7 Å². The topological polar surface area (TPSA) is 56.1 Å². The minimum atomic E-state index is 0.0487. The first-order valence-corrected chi connectivity index (χ1v) is 10.8. The number of fused-ring (bicyclic) bond motifs is 1. The summed E-state index contributed by atoms with van der Waals surface area (Å²) in [5.41, 5.74) is 1.72. The van der Waals surface area contributed by atoms with Crippen LogP contribution in [0.4, 0.5) is 0 Å². The largest absolute Gasteiger partial charge is 0.493 e. The van der Waals surface area contributed by atoms with E-state index in [1.54, 1.807) is 30.6 Å². The molecule has 2 heterocycles. The molecule has 6 nitrogen and oxygen atoms in total. The highest BCUT2D eigenvalue weighted by molar-refractivity contribution is 7.18. The number of methoxy groups -OCH3 is 1. The SMILES string of the molecule is CCOc1cc(C(=O)N2CC[NH+](Cc3nc4ccccc4s3)CC2)ccc1OC. The van der Waals surface area contributed by atoms with Crippen LogP contribution in [0.25, 0.3) is 10.2 Å². The molecule has 7 heteroatoms. The van der Waals surface area contributed by atoms with Gasteiger partial charge >= 0.3 is 0 Å². The number of ether oxygens (including phenoxy) is 2. The quantitative estimate of drug-likeness (QED) is 0.675. The molecular formula is C22H26N3O3S+. The number of nitrogens with zero attached hydrogens (tertiary/aromatic N) is 2. The summed E-state index contributed by atoms with van der Waals surface area (Å²) in [4.78, 5) is 21.1. The number of hydrogen-bond acceptors (Lipinski definition) is 5. The molecule has 1 aliphatic rings. The lowest BCUT2D eigenvalue weighted by Gasteiger charge is -2.32. The van der Waals surface area contributed by atoms with Gasteiger partial charge in [0.2, 0.25) is 0 Å². The lowest BCUT2D eigenvalue weighted by molar-refractivity contribution is -0.917. The van der Waals surface area contributed by atoms with E-state index < -0.39 is 0 Å². The normalized spacial score (nSPS) is 14.9. The molecule has 0 spiro atoms. The molecule has 29 heavy (non-hydrogen) atoms. The van der Waals surface area contributed by atoms with Crippen LogP contribution in [0.5, 0.6) is 11.5 Å². The average Bonchev–Trinajstić information content (AvgIpc) is 3.16. The highest BCUT2D eigenvalue weighted by Crippen LogP contribution is 2.28. The molecule has 0 unspecified atom stereocenters. The third-order valence-corrected chi connectivity index (χ3v) is 6.24. The maximum atomic E-state index is 12.9. The summed E-state index contributed by atoms with van der Waals surface area (Å²) >= 11 is 1.77. The van der Waals surface area contributed by atoms with Crippen molar-refractivity contribution in [1.82, 2.24) is 9.88 Å². The highest BCUT2D eigenvalue weighted by Gasteiger charge is 2.26. The van der Waals surface area contributed by atoms with Crippen LogP contribution in [-0.4, -0.2) is 55.7 Å². The first-order valence-electron chi connectivity index (χ1n) is 9.96. The molecule has 0 atom stereocenters. The fourth-order valence-electron chi connectivity index (χ4n) is 3.67. The molecule has 0 radical (unpaired) electrons. The Morgan fingerprint density at radius 3 is 2.69 bits per heavy atom. The number of hydrogen-bond donors (Lipinski definition) is 1. The lowest BCUT2D eigenvalue weighted by atomic mass is 10.1. The van der Waals surface area contributed by atoms with Gasteiger partial charge in [0.25, 0.3) is 5.91 Å². The molecule has 0 bridgehead atoms. The van der Waals surface area contributed by atoms with Crippen molar-refractivity contribution < 1.29 is 19.2 Å². The van der Waals surface area contributed by atoms with Crippen LogP contribution in [0.15, 0.2) is 42.5 Å². The van der Waals surface area contributed by atoms with E-state index in [2.05, 4.69) is 18.2 Å². The van der Waals surface area contributed by atoms with Gasteiger partial charge in [-0.25, -0.2) is 4.98 Å². The number of carbonyl (C=O) groups is 1. The van der Waals surface area contributed by atoms with Crippen LogP contribution in [0.3, 0.4) is 0 Å². The predicted octanol–water partition coefficient (Wildman–Crippen LogP) is 2.24. The molecule has 2 aromatic carbocycles. The van der Waals surface area contributed by atoms with Crippen LogP contribution in [0.2, 0.25) is 0 Å². The summed E-state index contributed by atoms with van der Waals surface area (Å²) in [5, 5.41) is 1.16. The number of aromatic nitrogens is 1. The van der Waals surface area contributed by atoms with E-state index in [9.17, 15) is 4.79 Å². The van der Waals surface area contributed by atoms with E-state index in [-0.39, 0.29) is 5.91 Å². The second-order valence-corrected chi connectivity index (χ2v) is 8.21. The van der Waals surface area contributed by atoms with Crippen molar-refractivity contribution in [3.05, 3.63) is 53.0 Å². The van der Waals surface area contributed by atoms with Crippen molar-refractivity contribution in [2.45, 2.75) is 13.5 Å².